The number of carbonyl (C=O) groups is 1. The average molecular weight is 258 g/mol. The molecule has 0 aromatic heterocycles. The Labute approximate surface area is 111 Å². The molecule has 0 bridgehead atoms. The molecule has 0 heterocycles. The molecule has 4 heteroatoms. The van der Waals surface area contributed by atoms with Crippen LogP contribution in [0.25, 0.3) is 0 Å². The van der Waals surface area contributed by atoms with Gasteiger partial charge in [-0.3, -0.25) is 4.79 Å². The highest BCUT2D eigenvalue weighted by Gasteiger charge is 2.08. The summed E-state index contributed by atoms with van der Waals surface area (Å²) in [4.78, 5) is 10.9. The first-order chi connectivity index (χ1) is 9.16. The van der Waals surface area contributed by atoms with Crippen LogP contribution in [0.1, 0.15) is 15.9 Å². The highest BCUT2D eigenvalue weighted by Crippen LogP contribution is 2.14. The first-order valence-corrected chi connectivity index (χ1v) is 6.04. The molecule has 19 heavy (non-hydrogen) atoms. The number of hydrogen-bond acceptors (Lipinski definition) is 2. The van der Waals surface area contributed by atoms with E-state index in [9.17, 15) is 9.18 Å². The standard InChI is InChI=1S/C15H15FN2O/c16-14-10-12(6-7-13(14)15(17)19)18-9-8-11-4-2-1-3-5-11/h1-7,10,18H,8-9H2,(H2,17,19). The van der Waals surface area contributed by atoms with E-state index >= 15 is 0 Å². The largest absolute Gasteiger partial charge is 0.385 e. The molecule has 3 nitrogen and oxygen atoms in total. The van der Waals surface area contributed by atoms with Gasteiger partial charge in [-0.25, -0.2) is 4.39 Å². The van der Waals surface area contributed by atoms with Gasteiger partial charge in [-0.2, -0.15) is 0 Å². The van der Waals surface area contributed by atoms with Crippen LogP contribution in [-0.2, 0) is 6.42 Å². The molecule has 1 amide bonds. The molecule has 0 saturated heterocycles. The lowest BCUT2D eigenvalue weighted by Gasteiger charge is -2.07. The van der Waals surface area contributed by atoms with Crippen molar-refractivity contribution in [3.05, 3.63) is 65.5 Å². The molecular formula is C15H15FN2O. The van der Waals surface area contributed by atoms with Gasteiger partial charge in [-0.15, -0.1) is 0 Å². The Kier molecular flexibility index (Phi) is 4.13. The molecule has 2 aromatic rings. The van der Waals surface area contributed by atoms with Crippen molar-refractivity contribution in [3.63, 3.8) is 0 Å². The van der Waals surface area contributed by atoms with Crippen molar-refractivity contribution in [2.24, 2.45) is 5.73 Å². The van der Waals surface area contributed by atoms with Crippen LogP contribution in [0.2, 0.25) is 0 Å². The number of benzene rings is 2. The topological polar surface area (TPSA) is 55.1 Å². The van der Waals surface area contributed by atoms with E-state index in [2.05, 4.69) is 5.32 Å². The summed E-state index contributed by atoms with van der Waals surface area (Å²) in [5, 5.41) is 3.11. The number of halogens is 1. The summed E-state index contributed by atoms with van der Waals surface area (Å²) in [7, 11) is 0. The van der Waals surface area contributed by atoms with Crippen LogP contribution in [0.4, 0.5) is 10.1 Å². The van der Waals surface area contributed by atoms with Crippen molar-refractivity contribution in [3.8, 4) is 0 Å². The zero-order chi connectivity index (χ0) is 13.7. The Balaban J connectivity index is 1.93. The maximum absolute atomic E-state index is 13.5. The van der Waals surface area contributed by atoms with Crippen LogP contribution in [0, 0.1) is 5.82 Å². The highest BCUT2D eigenvalue weighted by atomic mass is 19.1. The maximum atomic E-state index is 13.5. The van der Waals surface area contributed by atoms with E-state index in [4.69, 9.17) is 5.73 Å². The molecule has 0 spiro atoms. The van der Waals surface area contributed by atoms with Crippen molar-refractivity contribution in [2.45, 2.75) is 6.42 Å². The maximum Gasteiger partial charge on any atom is 0.251 e. The summed E-state index contributed by atoms with van der Waals surface area (Å²) >= 11 is 0. The number of hydrogen-bond donors (Lipinski definition) is 2. The lowest BCUT2D eigenvalue weighted by Crippen LogP contribution is -2.13. The minimum absolute atomic E-state index is 0.0893. The molecule has 0 saturated carbocycles. The third-order valence-electron chi connectivity index (χ3n) is 2.82. The van der Waals surface area contributed by atoms with Gasteiger partial charge in [0.15, 0.2) is 0 Å². The monoisotopic (exact) mass is 258 g/mol. The molecule has 3 N–H and O–H groups in total. The quantitative estimate of drug-likeness (QED) is 0.866. The predicted molar refractivity (Wildman–Crippen MR) is 73.6 cm³/mol. The number of rotatable bonds is 5. The number of anilines is 1. The van der Waals surface area contributed by atoms with Crippen molar-refractivity contribution in [1.29, 1.82) is 0 Å². The van der Waals surface area contributed by atoms with E-state index in [-0.39, 0.29) is 5.56 Å². The summed E-state index contributed by atoms with van der Waals surface area (Å²) in [6.45, 7) is 0.694. The van der Waals surface area contributed by atoms with Gasteiger partial charge in [0.25, 0.3) is 5.91 Å². The Morgan fingerprint density at radius 2 is 1.89 bits per heavy atom. The van der Waals surface area contributed by atoms with Crippen LogP contribution in [0.3, 0.4) is 0 Å². The first kappa shape index (κ1) is 13.1. The van der Waals surface area contributed by atoms with Gasteiger partial charge < -0.3 is 11.1 Å². The lowest BCUT2D eigenvalue weighted by molar-refractivity contribution is 0.0996. The van der Waals surface area contributed by atoms with E-state index < -0.39 is 11.7 Å². The Bertz CT molecular complexity index is 570. The fraction of sp³-hybridized carbons (Fsp3) is 0.133. The SMILES string of the molecule is NC(=O)c1ccc(NCCc2ccccc2)cc1F. The summed E-state index contributed by atoms with van der Waals surface area (Å²) in [6.07, 6.45) is 0.847. The van der Waals surface area contributed by atoms with Gasteiger partial charge in [-0.1, -0.05) is 30.3 Å². The van der Waals surface area contributed by atoms with Gasteiger partial charge in [0.05, 0.1) is 5.56 Å². The Hall–Kier alpha value is -2.36. The second-order valence-corrected chi connectivity index (χ2v) is 4.22. The molecule has 0 fully saturated rings. The molecular weight excluding hydrogens is 243 g/mol. The van der Waals surface area contributed by atoms with Crippen molar-refractivity contribution in [1.82, 2.24) is 0 Å². The summed E-state index contributed by atoms with van der Waals surface area (Å²) < 4.78 is 13.5. The van der Waals surface area contributed by atoms with Gasteiger partial charge in [0, 0.05) is 12.2 Å². The Morgan fingerprint density at radius 3 is 2.53 bits per heavy atom. The van der Waals surface area contributed by atoms with Crippen LogP contribution in [0.5, 0.6) is 0 Å². The molecule has 98 valence electrons. The number of nitrogens with one attached hydrogen (secondary N) is 1. The number of nitrogens with two attached hydrogens (primary N) is 1. The van der Waals surface area contributed by atoms with E-state index in [1.54, 1.807) is 6.07 Å². The second kappa shape index (κ2) is 6.00. The molecule has 0 aliphatic carbocycles. The lowest BCUT2D eigenvalue weighted by atomic mass is 10.1. The van der Waals surface area contributed by atoms with Crippen molar-refractivity contribution < 1.29 is 9.18 Å². The molecule has 0 aliphatic heterocycles. The van der Waals surface area contributed by atoms with Crippen LogP contribution in [-0.4, -0.2) is 12.5 Å². The molecule has 0 radical (unpaired) electrons. The highest BCUT2D eigenvalue weighted by molar-refractivity contribution is 5.93. The second-order valence-electron chi connectivity index (χ2n) is 4.22. The molecule has 2 rings (SSSR count). The zero-order valence-corrected chi connectivity index (χ0v) is 10.4. The molecule has 0 unspecified atom stereocenters. The fourth-order valence-electron chi connectivity index (χ4n) is 1.82. The van der Waals surface area contributed by atoms with E-state index in [1.807, 2.05) is 30.3 Å². The minimum Gasteiger partial charge on any atom is -0.385 e. The third-order valence-corrected chi connectivity index (χ3v) is 2.82. The molecule has 0 aliphatic rings. The van der Waals surface area contributed by atoms with Crippen LogP contribution < -0.4 is 11.1 Å². The number of primary amides is 1. The molecule has 2 aromatic carbocycles. The van der Waals surface area contributed by atoms with Crippen molar-refractivity contribution in [2.75, 3.05) is 11.9 Å². The third kappa shape index (κ3) is 3.55. The van der Waals surface area contributed by atoms with Crippen molar-refractivity contribution >= 4 is 11.6 Å². The van der Waals surface area contributed by atoms with Crippen LogP contribution in [0.15, 0.2) is 48.5 Å². The summed E-state index contributed by atoms with van der Waals surface area (Å²) in [5.41, 5.74) is 6.80. The number of amides is 1. The van der Waals surface area contributed by atoms with E-state index in [0.29, 0.717) is 12.2 Å². The average Bonchev–Trinajstić information content (AvgIpc) is 2.39. The van der Waals surface area contributed by atoms with E-state index in [0.717, 1.165) is 6.42 Å². The van der Waals surface area contributed by atoms with Gasteiger partial charge in [-0.05, 0) is 30.2 Å². The van der Waals surface area contributed by atoms with E-state index in [1.165, 1.54) is 17.7 Å². The van der Waals surface area contributed by atoms with Gasteiger partial charge in [0.2, 0.25) is 0 Å². The minimum atomic E-state index is -0.756. The predicted octanol–water partition coefficient (Wildman–Crippen LogP) is 2.58. The molecule has 0 atom stereocenters. The smallest absolute Gasteiger partial charge is 0.251 e. The normalized spacial score (nSPS) is 10.2. The number of carbonyl (C=O) groups excluding carboxylic acids is 1. The fourth-order valence-corrected chi connectivity index (χ4v) is 1.82. The summed E-state index contributed by atoms with van der Waals surface area (Å²) in [5.74, 6) is -1.36. The zero-order valence-electron chi connectivity index (χ0n) is 10.4. The Morgan fingerprint density at radius 1 is 1.16 bits per heavy atom. The van der Waals surface area contributed by atoms with Gasteiger partial charge >= 0.3 is 0 Å². The van der Waals surface area contributed by atoms with Gasteiger partial charge in [0.1, 0.15) is 5.82 Å². The summed E-state index contributed by atoms with van der Waals surface area (Å²) in [6, 6.07) is 14.3. The van der Waals surface area contributed by atoms with Crippen LogP contribution >= 0.6 is 0 Å². The first-order valence-electron chi connectivity index (χ1n) is 6.04.